The van der Waals surface area contributed by atoms with E-state index in [-0.39, 0.29) is 11.2 Å². The van der Waals surface area contributed by atoms with Crippen molar-refractivity contribution in [2.45, 2.75) is 50.1 Å². The smallest absolute Gasteiger partial charge is 0.336 e. The molecule has 0 unspecified atom stereocenters. The maximum atomic E-state index is 13.4. The normalized spacial score (nSPS) is 13.7. The molecule has 8 heteroatoms. The molecule has 0 atom stereocenters. The van der Waals surface area contributed by atoms with Crippen LogP contribution < -0.4 is 11.2 Å². The first-order valence-corrected chi connectivity index (χ1v) is 12.8. The van der Waals surface area contributed by atoms with Crippen LogP contribution in [0.15, 0.2) is 73.8 Å². The van der Waals surface area contributed by atoms with Gasteiger partial charge in [-0.3, -0.25) is 4.79 Å². The summed E-state index contributed by atoms with van der Waals surface area (Å²) < 4.78 is 9.07. The van der Waals surface area contributed by atoms with Gasteiger partial charge in [0.2, 0.25) is 0 Å². The lowest BCUT2D eigenvalue weighted by atomic mass is 10.1. The number of nitrogens with zero attached hydrogens (tertiary/aromatic N) is 4. The Morgan fingerprint density at radius 2 is 1.89 bits per heavy atom. The van der Waals surface area contributed by atoms with Gasteiger partial charge in [0.05, 0.1) is 5.69 Å². The molecule has 3 aliphatic rings. The molecule has 0 bridgehead atoms. The zero-order valence-electron chi connectivity index (χ0n) is 19.4. The lowest BCUT2D eigenvalue weighted by Crippen LogP contribution is -2.19. The van der Waals surface area contributed by atoms with Crippen molar-refractivity contribution in [2.24, 2.45) is 0 Å². The van der Waals surface area contributed by atoms with E-state index in [9.17, 15) is 9.59 Å². The van der Waals surface area contributed by atoms with Gasteiger partial charge in [0, 0.05) is 29.4 Å². The van der Waals surface area contributed by atoms with Crippen LogP contribution in [0.3, 0.4) is 0 Å². The molecular formula is C27H24N4O3S. The SMILES string of the molecule is Cc1ccc2c(CSc3nc4nn(-c5ccccc5)c(=O)c-4c4n3CCCCC4)cc(=O)oc2c1. The Labute approximate surface area is 205 Å². The summed E-state index contributed by atoms with van der Waals surface area (Å²) in [4.78, 5) is 30.5. The van der Waals surface area contributed by atoms with Crippen LogP contribution in [-0.2, 0) is 18.7 Å². The Morgan fingerprint density at radius 1 is 1.03 bits per heavy atom. The van der Waals surface area contributed by atoms with Crippen molar-refractivity contribution in [1.82, 2.24) is 19.3 Å². The number of benzene rings is 2. The molecule has 0 N–H and O–H groups in total. The maximum absolute atomic E-state index is 13.4. The summed E-state index contributed by atoms with van der Waals surface area (Å²) in [5.41, 5.74) is 4.42. The molecule has 7 nitrogen and oxygen atoms in total. The highest BCUT2D eigenvalue weighted by atomic mass is 32.2. The number of hydrogen-bond acceptors (Lipinski definition) is 6. The van der Waals surface area contributed by atoms with Gasteiger partial charge in [0.1, 0.15) is 11.1 Å². The van der Waals surface area contributed by atoms with Crippen LogP contribution in [-0.4, -0.2) is 19.3 Å². The third kappa shape index (κ3) is 3.97. The van der Waals surface area contributed by atoms with E-state index in [2.05, 4.69) is 9.67 Å². The largest absolute Gasteiger partial charge is 0.423 e. The van der Waals surface area contributed by atoms with Crippen molar-refractivity contribution in [2.75, 3.05) is 0 Å². The quantitative estimate of drug-likeness (QED) is 0.204. The number of aryl methyl sites for hydroxylation is 1. The van der Waals surface area contributed by atoms with Crippen LogP contribution in [0.4, 0.5) is 0 Å². The fourth-order valence-corrected chi connectivity index (χ4v) is 5.84. The fourth-order valence-electron chi connectivity index (χ4n) is 4.81. The van der Waals surface area contributed by atoms with E-state index in [0.29, 0.717) is 22.7 Å². The van der Waals surface area contributed by atoms with Gasteiger partial charge in [-0.15, -0.1) is 5.10 Å². The molecule has 0 radical (unpaired) electrons. The second-order valence-electron chi connectivity index (χ2n) is 8.93. The number of para-hydroxylation sites is 1. The zero-order valence-corrected chi connectivity index (χ0v) is 20.2. The molecule has 4 heterocycles. The van der Waals surface area contributed by atoms with Crippen molar-refractivity contribution in [3.63, 3.8) is 0 Å². The van der Waals surface area contributed by atoms with Gasteiger partial charge in [-0.1, -0.05) is 48.5 Å². The average molecular weight is 485 g/mol. The summed E-state index contributed by atoms with van der Waals surface area (Å²) in [6.07, 6.45) is 4.00. The molecule has 3 aromatic rings. The van der Waals surface area contributed by atoms with E-state index in [4.69, 9.17) is 9.40 Å². The molecule has 3 aliphatic heterocycles. The van der Waals surface area contributed by atoms with E-state index >= 15 is 0 Å². The lowest BCUT2D eigenvalue weighted by molar-refractivity contribution is 0.559. The molecule has 1 aromatic heterocycles. The Balaban J connectivity index is 1.46. The Bertz CT molecular complexity index is 1630. The van der Waals surface area contributed by atoms with Gasteiger partial charge in [-0.2, -0.15) is 4.68 Å². The second-order valence-corrected chi connectivity index (χ2v) is 9.88. The molecule has 6 rings (SSSR count). The van der Waals surface area contributed by atoms with Crippen molar-refractivity contribution in [3.8, 4) is 17.1 Å². The topological polar surface area (TPSA) is 82.9 Å². The maximum Gasteiger partial charge on any atom is 0.336 e. The van der Waals surface area contributed by atoms with E-state index in [1.165, 1.54) is 4.68 Å². The highest BCUT2D eigenvalue weighted by Crippen LogP contribution is 2.32. The predicted octanol–water partition coefficient (Wildman–Crippen LogP) is 4.97. The number of fused-ring (bicyclic) bond motifs is 4. The average Bonchev–Trinajstić information content (AvgIpc) is 3.02. The van der Waals surface area contributed by atoms with E-state index in [0.717, 1.165) is 65.3 Å². The minimum Gasteiger partial charge on any atom is -0.423 e. The zero-order chi connectivity index (χ0) is 23.9. The van der Waals surface area contributed by atoms with Crippen molar-refractivity contribution < 1.29 is 4.42 Å². The summed E-state index contributed by atoms with van der Waals surface area (Å²) in [5, 5.41) is 6.36. The number of aromatic nitrogens is 4. The molecule has 0 saturated heterocycles. The summed E-state index contributed by atoms with van der Waals surface area (Å²) in [5.74, 6) is 1.04. The van der Waals surface area contributed by atoms with Gasteiger partial charge in [-0.25, -0.2) is 9.78 Å². The summed E-state index contributed by atoms with van der Waals surface area (Å²) in [6, 6.07) is 16.9. The van der Waals surface area contributed by atoms with Gasteiger partial charge in [0.15, 0.2) is 11.0 Å². The van der Waals surface area contributed by atoms with Crippen molar-refractivity contribution in [3.05, 3.63) is 92.2 Å². The standard InChI is InChI=1S/C27H24N4O3S/c1-17-11-12-20-18(15-23(32)34-22(20)14-17)16-35-27-28-25-24(21-10-6-3-7-13-30(21)27)26(33)31(29-25)19-8-4-2-5-9-19/h2,4-5,8-9,11-12,14-15H,3,6-7,10,13,16H2,1H3. The summed E-state index contributed by atoms with van der Waals surface area (Å²) in [7, 11) is 0. The van der Waals surface area contributed by atoms with Crippen molar-refractivity contribution in [1.29, 1.82) is 0 Å². The summed E-state index contributed by atoms with van der Waals surface area (Å²) in [6.45, 7) is 2.79. The van der Waals surface area contributed by atoms with Gasteiger partial charge in [0.25, 0.3) is 5.56 Å². The van der Waals surface area contributed by atoms with E-state index in [1.54, 1.807) is 17.8 Å². The van der Waals surface area contributed by atoms with Crippen LogP contribution >= 0.6 is 11.8 Å². The second kappa shape index (κ2) is 8.85. The van der Waals surface area contributed by atoms with Crippen LogP contribution in [0.25, 0.3) is 28.0 Å². The van der Waals surface area contributed by atoms with E-state index < -0.39 is 0 Å². The lowest BCUT2D eigenvalue weighted by Gasteiger charge is -2.17. The fraction of sp³-hybridized carbons (Fsp3) is 0.259. The predicted molar refractivity (Wildman–Crippen MR) is 137 cm³/mol. The Kier molecular flexibility index (Phi) is 5.53. The van der Waals surface area contributed by atoms with Crippen LogP contribution in [0.5, 0.6) is 0 Å². The minimum absolute atomic E-state index is 0.122. The molecule has 0 amide bonds. The molecule has 176 valence electrons. The molecular weight excluding hydrogens is 460 g/mol. The van der Waals surface area contributed by atoms with Gasteiger partial charge >= 0.3 is 5.63 Å². The highest BCUT2D eigenvalue weighted by Gasteiger charge is 2.27. The first-order chi connectivity index (χ1) is 17.1. The molecule has 35 heavy (non-hydrogen) atoms. The Morgan fingerprint density at radius 3 is 2.74 bits per heavy atom. The van der Waals surface area contributed by atoms with Crippen molar-refractivity contribution >= 4 is 22.7 Å². The van der Waals surface area contributed by atoms with E-state index in [1.807, 2.05) is 55.5 Å². The van der Waals surface area contributed by atoms with Crippen LogP contribution in [0.2, 0.25) is 0 Å². The van der Waals surface area contributed by atoms with Crippen LogP contribution in [0.1, 0.15) is 36.1 Å². The molecule has 0 spiro atoms. The number of thioether (sulfide) groups is 1. The third-order valence-electron chi connectivity index (χ3n) is 6.51. The Hall–Kier alpha value is -3.65. The molecule has 0 saturated carbocycles. The third-order valence-corrected chi connectivity index (χ3v) is 7.54. The highest BCUT2D eigenvalue weighted by molar-refractivity contribution is 7.98. The molecule has 0 fully saturated rings. The monoisotopic (exact) mass is 484 g/mol. The molecule has 2 aromatic carbocycles. The van der Waals surface area contributed by atoms with Gasteiger partial charge in [-0.05, 0) is 55.5 Å². The van der Waals surface area contributed by atoms with Gasteiger partial charge < -0.3 is 8.98 Å². The first-order valence-electron chi connectivity index (χ1n) is 11.8. The first kappa shape index (κ1) is 21.9. The number of hydrogen-bond donors (Lipinski definition) is 0. The minimum atomic E-state index is -0.355. The van der Waals surface area contributed by atoms with Crippen LogP contribution in [0, 0.1) is 6.92 Å². The summed E-state index contributed by atoms with van der Waals surface area (Å²) >= 11 is 1.57. The molecule has 0 aliphatic carbocycles. The number of rotatable bonds is 4.